The molecule has 13 rings (SSSR count). The van der Waals surface area contributed by atoms with Crippen molar-refractivity contribution in [3.63, 3.8) is 0 Å². The van der Waals surface area contributed by atoms with Crippen LogP contribution in [0.15, 0.2) is 158 Å². The summed E-state index contributed by atoms with van der Waals surface area (Å²) in [6.45, 7) is 14.8. The molecule has 390 valence electrons. The Hall–Kier alpha value is -7.95. The van der Waals surface area contributed by atoms with Gasteiger partial charge in [-0.2, -0.15) is 6.67 Å². The van der Waals surface area contributed by atoms with Crippen LogP contribution in [0.1, 0.15) is 95.5 Å². The van der Waals surface area contributed by atoms with E-state index >= 15 is 0 Å². The molecule has 11 nitrogen and oxygen atoms in total. The van der Waals surface area contributed by atoms with Gasteiger partial charge in [-0.1, -0.05) is 125 Å². The summed E-state index contributed by atoms with van der Waals surface area (Å²) in [5.74, 6) is 1.41. The standard InChI is InChI=1S/C34H41N8.C31H21BN3.Pt/c1-21(2)25-16-29(22(3)4)31(30(17-25)23(5)6)26-14-27(39-19-40(8)32-24(7)35-10-11-36-32)18-28(15-26)42-20-41(9)33-34(42)38-13-12-37-33;1-20-18-27-31-28(19-20)35(22-12-6-3-7-13-22)26-17-9-15-24-30(26)32(31)29-23(33-24)14-8-16-25(29)34(27)21-10-4-2-5-11-21;/h10-17,19-23,39H,1-9H3;2-19H,1H3;/q-3;-1;+4/i8D3,9D3;;. The third kappa shape index (κ3) is 9.13. The summed E-state index contributed by atoms with van der Waals surface area (Å²) in [4.78, 5) is 26.0. The molecule has 7 aromatic carbocycles. The molecule has 4 aliphatic rings. The molecule has 2 aromatic heterocycles. The molecule has 0 amide bonds. The van der Waals surface area contributed by atoms with Gasteiger partial charge in [0, 0.05) is 67.1 Å². The normalized spacial score (nSPS) is 14.7. The molecule has 0 fully saturated rings. The Morgan fingerprint density at radius 1 is 0.641 bits per heavy atom. The number of hydrogen-bond donors (Lipinski definition) is 1. The molecule has 0 unspecified atom stereocenters. The van der Waals surface area contributed by atoms with Gasteiger partial charge in [-0.15, -0.1) is 53.2 Å². The van der Waals surface area contributed by atoms with Gasteiger partial charge in [-0.25, -0.2) is 15.0 Å². The van der Waals surface area contributed by atoms with Gasteiger partial charge >= 0.3 is 21.1 Å². The Labute approximate surface area is 483 Å². The number of benzene rings is 7. The Bertz CT molecular complexity index is 3790. The van der Waals surface area contributed by atoms with E-state index < -0.39 is 14.0 Å². The maximum atomic E-state index is 8.23. The van der Waals surface area contributed by atoms with Crippen molar-refractivity contribution in [2.24, 2.45) is 0 Å². The molecular weight excluding hydrogens is 1140 g/mol. The predicted octanol–water partition coefficient (Wildman–Crippen LogP) is 14.5. The smallest absolute Gasteiger partial charge is 0.659 e. The van der Waals surface area contributed by atoms with Crippen LogP contribution in [0.4, 0.5) is 74.3 Å². The van der Waals surface area contributed by atoms with E-state index in [1.807, 2.05) is 12.1 Å². The van der Waals surface area contributed by atoms with Gasteiger partial charge in [-0.3, -0.25) is 4.98 Å². The van der Waals surface area contributed by atoms with Crippen molar-refractivity contribution in [1.82, 2.24) is 19.9 Å². The molecule has 0 saturated heterocycles. The van der Waals surface area contributed by atoms with Crippen LogP contribution < -0.4 is 46.2 Å². The van der Waals surface area contributed by atoms with Crippen LogP contribution >= 0.6 is 0 Å². The molecule has 0 bridgehead atoms. The Morgan fingerprint density at radius 2 is 1.22 bits per heavy atom. The third-order valence-corrected chi connectivity index (χ3v) is 14.8. The van der Waals surface area contributed by atoms with Crippen molar-refractivity contribution in [3.8, 4) is 11.1 Å². The quantitative estimate of drug-likeness (QED) is 0.0997. The van der Waals surface area contributed by atoms with E-state index in [0.29, 0.717) is 28.8 Å². The van der Waals surface area contributed by atoms with Gasteiger partial charge in [0.15, 0.2) is 0 Å². The number of nitrogens with one attached hydrogen (secondary N) is 1. The number of para-hydroxylation sites is 2. The van der Waals surface area contributed by atoms with Crippen molar-refractivity contribution in [2.45, 2.75) is 73.1 Å². The fourth-order valence-electron chi connectivity index (χ4n) is 11.3. The summed E-state index contributed by atoms with van der Waals surface area (Å²) >= 11 is 0. The number of anilines is 11. The number of hydrogen-bond acceptors (Lipinski definition) is 10. The monoisotopic (exact) mass is 1210 g/mol. The molecule has 13 heteroatoms. The van der Waals surface area contributed by atoms with E-state index in [-0.39, 0.29) is 51.2 Å². The summed E-state index contributed by atoms with van der Waals surface area (Å²) in [6, 6.07) is 51.0. The van der Waals surface area contributed by atoms with Crippen LogP contribution in [0.25, 0.3) is 16.4 Å². The second kappa shape index (κ2) is 21.1. The van der Waals surface area contributed by atoms with Crippen molar-refractivity contribution in [2.75, 3.05) is 43.8 Å². The number of aromatic nitrogens is 4. The van der Waals surface area contributed by atoms with Crippen LogP contribution in [0.5, 0.6) is 0 Å². The first-order valence-corrected chi connectivity index (χ1v) is 26.3. The minimum atomic E-state index is -2.58. The minimum Gasteiger partial charge on any atom is -0.659 e. The molecule has 0 spiro atoms. The van der Waals surface area contributed by atoms with Crippen LogP contribution in [0.3, 0.4) is 0 Å². The Kier molecular flexibility index (Phi) is 12.2. The summed E-state index contributed by atoms with van der Waals surface area (Å²) in [6.07, 6.45) is 5.91. The molecule has 4 aliphatic heterocycles. The van der Waals surface area contributed by atoms with E-state index in [4.69, 9.17) is 13.5 Å². The Morgan fingerprint density at radius 3 is 1.77 bits per heavy atom. The van der Waals surface area contributed by atoms with Gasteiger partial charge < -0.3 is 35.1 Å². The topological polar surface area (TPSA) is 93.9 Å². The zero-order chi connectivity index (χ0) is 58.2. The first kappa shape index (κ1) is 45.1. The SMILES string of the molecule is Cc1cc2c3c(c1)N(c1ccccc1)c1cccc4c1B3c1c(cccc1N2c1ccccc1)[N-]4.[2H]C([2H])([2H])N([CH-]Nc1[c-]c(N2[CH-]N(C([2H])([2H])[2H])c3nccnc32)cc(-c2c(C(C)C)cc(C(C)C)cc2C(C)C)c1)c1nccnc1C.[Pt+4]. The van der Waals surface area contributed by atoms with Crippen LogP contribution in [-0.4, -0.2) is 40.6 Å². The van der Waals surface area contributed by atoms with E-state index in [0.717, 1.165) is 32.3 Å². The van der Waals surface area contributed by atoms with Crippen molar-refractivity contribution < 1.29 is 29.3 Å². The number of rotatable bonds is 11. The number of aryl methyl sites for hydroxylation is 2. The van der Waals surface area contributed by atoms with E-state index in [9.17, 15) is 0 Å². The second-order valence-corrected chi connectivity index (χ2v) is 20.9. The Balaban J connectivity index is 0.000000180. The molecule has 0 radical (unpaired) electrons. The summed E-state index contributed by atoms with van der Waals surface area (Å²) in [7, 11) is 0. The van der Waals surface area contributed by atoms with Crippen molar-refractivity contribution in [3.05, 3.63) is 211 Å². The van der Waals surface area contributed by atoms with Gasteiger partial charge in [0.2, 0.25) is 6.71 Å². The molecule has 0 aliphatic carbocycles. The maximum Gasteiger partial charge on any atom is 4.00 e. The molecule has 0 atom stereocenters. The second-order valence-electron chi connectivity index (χ2n) is 20.9. The van der Waals surface area contributed by atoms with E-state index in [1.54, 1.807) is 11.8 Å². The molecule has 0 saturated carbocycles. The van der Waals surface area contributed by atoms with Crippen LogP contribution in [-0.2, 0) is 21.1 Å². The fourth-order valence-corrected chi connectivity index (χ4v) is 11.3. The average molecular weight is 1210 g/mol. The van der Waals surface area contributed by atoms with Crippen LogP contribution in [0, 0.1) is 33.3 Å². The first-order valence-electron chi connectivity index (χ1n) is 29.3. The number of fused-ring (bicyclic) bond motifs is 1. The third-order valence-electron chi connectivity index (χ3n) is 14.8. The minimum absolute atomic E-state index is 0. The van der Waals surface area contributed by atoms with Crippen LogP contribution in [0.2, 0.25) is 0 Å². The van der Waals surface area contributed by atoms with Gasteiger partial charge in [-0.05, 0) is 127 Å². The van der Waals surface area contributed by atoms with E-state index in [1.165, 1.54) is 111 Å². The van der Waals surface area contributed by atoms with Crippen molar-refractivity contribution >= 4 is 97.4 Å². The molecule has 9 aromatic rings. The predicted molar refractivity (Wildman–Crippen MR) is 321 cm³/mol. The average Bonchev–Trinajstić information content (AvgIpc) is 0.867. The van der Waals surface area contributed by atoms with Crippen molar-refractivity contribution in [1.29, 1.82) is 0 Å². The fraction of sp³-hybridized carbons (Fsp3) is 0.200. The summed E-state index contributed by atoms with van der Waals surface area (Å²) in [5.41, 5.74) is 21.6. The molecule has 78 heavy (non-hydrogen) atoms. The molecular formula is C65H62BN11Pt. The zero-order valence-electron chi connectivity index (χ0n) is 50.8. The first-order chi connectivity index (χ1) is 39.8. The summed E-state index contributed by atoms with van der Waals surface area (Å²) in [5, 5.41) is 8.35. The van der Waals surface area contributed by atoms with Gasteiger partial charge in [0.1, 0.15) is 17.5 Å². The van der Waals surface area contributed by atoms with Gasteiger partial charge in [0.05, 0.1) is 5.69 Å². The summed E-state index contributed by atoms with van der Waals surface area (Å²) < 4.78 is 49.1. The molecule has 6 heterocycles. The maximum absolute atomic E-state index is 8.23. The van der Waals surface area contributed by atoms with E-state index in [2.05, 4.69) is 211 Å². The molecule has 1 N–H and O–H groups in total. The zero-order valence-corrected chi connectivity index (χ0v) is 47.0. The number of nitrogens with zero attached hydrogens (tertiary/aromatic N) is 10. The van der Waals surface area contributed by atoms with Gasteiger partial charge in [0.25, 0.3) is 0 Å². The largest absolute Gasteiger partial charge is 4.00 e.